The van der Waals surface area contributed by atoms with Crippen LogP contribution in [0.25, 0.3) is 10.8 Å². The van der Waals surface area contributed by atoms with Crippen molar-refractivity contribution in [1.82, 2.24) is 0 Å². The molecule has 4 bridgehead atoms. The van der Waals surface area contributed by atoms with Crippen molar-refractivity contribution in [2.45, 2.75) is 44.9 Å². The third-order valence-electron chi connectivity index (χ3n) is 6.69. The number of rotatable bonds is 3. The molecule has 4 aliphatic rings. The van der Waals surface area contributed by atoms with E-state index < -0.39 is 0 Å². The summed E-state index contributed by atoms with van der Waals surface area (Å²) in [5.41, 5.74) is 0.244. The quantitative estimate of drug-likeness (QED) is 0.460. The van der Waals surface area contributed by atoms with E-state index in [0.717, 1.165) is 33.0 Å². The molecule has 25 heavy (non-hydrogen) atoms. The summed E-state index contributed by atoms with van der Waals surface area (Å²) in [4.78, 5) is 12.7. The van der Waals surface area contributed by atoms with E-state index in [1.807, 2.05) is 24.3 Å². The molecule has 0 spiro atoms. The monoisotopic (exact) mass is 398 g/mol. The number of ether oxygens (including phenoxy) is 1. The molecule has 4 aliphatic carbocycles. The highest BCUT2D eigenvalue weighted by molar-refractivity contribution is 9.10. The molecule has 2 nitrogen and oxygen atoms in total. The molecular formula is C22H23BrO2. The van der Waals surface area contributed by atoms with Crippen LogP contribution in [0.3, 0.4) is 0 Å². The minimum Gasteiger partial charge on any atom is -0.426 e. The van der Waals surface area contributed by atoms with E-state index in [1.54, 1.807) is 0 Å². The van der Waals surface area contributed by atoms with Crippen molar-refractivity contribution in [1.29, 1.82) is 0 Å². The van der Waals surface area contributed by atoms with E-state index in [2.05, 4.69) is 28.1 Å². The van der Waals surface area contributed by atoms with E-state index in [-0.39, 0.29) is 11.4 Å². The highest BCUT2D eigenvalue weighted by Gasteiger charge is 2.51. The predicted molar refractivity (Wildman–Crippen MR) is 103 cm³/mol. The lowest BCUT2D eigenvalue weighted by Gasteiger charge is -2.56. The van der Waals surface area contributed by atoms with Gasteiger partial charge in [0, 0.05) is 4.47 Å². The topological polar surface area (TPSA) is 26.3 Å². The van der Waals surface area contributed by atoms with Gasteiger partial charge in [-0.15, -0.1) is 0 Å². The Bertz CT molecular complexity index is 806. The van der Waals surface area contributed by atoms with Gasteiger partial charge in [-0.25, -0.2) is 0 Å². The van der Waals surface area contributed by atoms with E-state index in [9.17, 15) is 4.79 Å². The van der Waals surface area contributed by atoms with E-state index in [4.69, 9.17) is 4.74 Å². The van der Waals surface area contributed by atoms with Gasteiger partial charge in [0.05, 0.1) is 6.42 Å². The molecule has 0 aliphatic heterocycles. The van der Waals surface area contributed by atoms with Gasteiger partial charge in [0.15, 0.2) is 0 Å². The number of carbonyl (C=O) groups excluding carboxylic acids is 1. The first-order chi connectivity index (χ1) is 12.1. The standard InChI is InChI=1S/C22H23BrO2/c23-19-3-1-18-9-20(4-2-17(18)8-19)25-21(24)13-22-10-14-5-15(11-22)7-16(6-14)12-22/h1-4,8-9,14-16H,5-7,10-13H2. The van der Waals surface area contributed by atoms with E-state index in [0.29, 0.717) is 12.2 Å². The maximum absolute atomic E-state index is 12.7. The van der Waals surface area contributed by atoms with Gasteiger partial charge < -0.3 is 4.74 Å². The fraction of sp³-hybridized carbons (Fsp3) is 0.500. The van der Waals surface area contributed by atoms with Crippen LogP contribution in [0, 0.1) is 23.2 Å². The summed E-state index contributed by atoms with van der Waals surface area (Å²) in [5, 5.41) is 2.25. The Labute approximate surface area is 157 Å². The molecule has 0 aromatic heterocycles. The second-order valence-corrected chi connectivity index (χ2v) is 9.64. The summed E-state index contributed by atoms with van der Waals surface area (Å²) in [6.45, 7) is 0. The van der Waals surface area contributed by atoms with Crippen LogP contribution in [0.15, 0.2) is 40.9 Å². The van der Waals surface area contributed by atoms with Crippen molar-refractivity contribution >= 4 is 32.7 Å². The maximum atomic E-state index is 12.7. The summed E-state index contributed by atoms with van der Waals surface area (Å²) < 4.78 is 6.80. The molecule has 2 aromatic carbocycles. The summed E-state index contributed by atoms with van der Waals surface area (Å²) in [7, 11) is 0. The van der Waals surface area contributed by atoms with Crippen molar-refractivity contribution in [3.05, 3.63) is 40.9 Å². The summed E-state index contributed by atoms with van der Waals surface area (Å²) in [6.07, 6.45) is 8.59. The van der Waals surface area contributed by atoms with Crippen LogP contribution in [0.1, 0.15) is 44.9 Å². The Morgan fingerprint density at radius 3 is 2.24 bits per heavy atom. The summed E-state index contributed by atoms with van der Waals surface area (Å²) >= 11 is 3.49. The smallest absolute Gasteiger partial charge is 0.311 e. The van der Waals surface area contributed by atoms with Crippen LogP contribution in [0.5, 0.6) is 5.75 Å². The predicted octanol–water partition coefficient (Wildman–Crippen LogP) is 6.11. The molecule has 3 heteroatoms. The van der Waals surface area contributed by atoms with Gasteiger partial charge in [-0.3, -0.25) is 4.79 Å². The molecule has 0 heterocycles. The third-order valence-corrected chi connectivity index (χ3v) is 7.18. The SMILES string of the molecule is O=C(CC12CC3CC(CC(C3)C1)C2)Oc1ccc2cc(Br)ccc2c1. The average molecular weight is 399 g/mol. The third kappa shape index (κ3) is 3.01. The van der Waals surface area contributed by atoms with Crippen LogP contribution in [-0.2, 0) is 4.79 Å². The van der Waals surface area contributed by atoms with Crippen molar-refractivity contribution in [3.8, 4) is 5.75 Å². The first kappa shape index (κ1) is 15.9. The first-order valence-corrected chi connectivity index (χ1v) is 10.3. The molecule has 0 saturated heterocycles. The molecule has 0 radical (unpaired) electrons. The van der Waals surface area contributed by atoms with Crippen molar-refractivity contribution in [3.63, 3.8) is 0 Å². The van der Waals surface area contributed by atoms with Gasteiger partial charge >= 0.3 is 5.97 Å². The second kappa shape index (κ2) is 5.84. The number of benzene rings is 2. The second-order valence-electron chi connectivity index (χ2n) is 8.72. The molecule has 0 N–H and O–H groups in total. The van der Waals surface area contributed by atoms with E-state index in [1.165, 1.54) is 38.5 Å². The normalized spacial score (nSPS) is 32.9. The molecule has 0 amide bonds. The minimum atomic E-state index is -0.0431. The first-order valence-electron chi connectivity index (χ1n) is 9.47. The van der Waals surface area contributed by atoms with Gasteiger partial charge in [-0.1, -0.05) is 28.1 Å². The molecule has 6 rings (SSSR count). The molecule has 130 valence electrons. The molecule has 4 saturated carbocycles. The number of fused-ring (bicyclic) bond motifs is 1. The Balaban J connectivity index is 1.31. The number of hydrogen-bond donors (Lipinski definition) is 0. The van der Waals surface area contributed by atoms with Crippen LogP contribution < -0.4 is 4.74 Å². The lowest BCUT2D eigenvalue weighted by Crippen LogP contribution is -2.47. The fourth-order valence-corrected chi connectivity index (χ4v) is 6.62. The van der Waals surface area contributed by atoms with Gasteiger partial charge in [0.1, 0.15) is 5.75 Å². The molecule has 4 fully saturated rings. The number of esters is 1. The van der Waals surface area contributed by atoms with Crippen molar-refractivity contribution < 1.29 is 9.53 Å². The fourth-order valence-electron chi connectivity index (χ4n) is 6.24. The highest BCUT2D eigenvalue weighted by atomic mass is 79.9. The van der Waals surface area contributed by atoms with Crippen LogP contribution in [0.4, 0.5) is 0 Å². The lowest BCUT2D eigenvalue weighted by atomic mass is 9.49. The zero-order valence-corrected chi connectivity index (χ0v) is 15.9. The van der Waals surface area contributed by atoms with Crippen LogP contribution in [0.2, 0.25) is 0 Å². The zero-order chi connectivity index (χ0) is 17.0. The van der Waals surface area contributed by atoms with Crippen molar-refractivity contribution in [2.24, 2.45) is 23.2 Å². The molecule has 0 atom stereocenters. The molecular weight excluding hydrogens is 376 g/mol. The minimum absolute atomic E-state index is 0.0431. The van der Waals surface area contributed by atoms with Crippen molar-refractivity contribution in [2.75, 3.05) is 0 Å². The maximum Gasteiger partial charge on any atom is 0.311 e. The Kier molecular flexibility index (Phi) is 3.70. The Morgan fingerprint density at radius 2 is 1.56 bits per heavy atom. The van der Waals surface area contributed by atoms with Gasteiger partial charge in [0.2, 0.25) is 0 Å². The largest absolute Gasteiger partial charge is 0.426 e. The Hall–Kier alpha value is -1.35. The number of carbonyl (C=O) groups is 1. The summed E-state index contributed by atoms with van der Waals surface area (Å²) in [6, 6.07) is 12.1. The summed E-state index contributed by atoms with van der Waals surface area (Å²) in [5.74, 6) is 3.25. The van der Waals surface area contributed by atoms with Gasteiger partial charge in [-0.05, 0) is 96.7 Å². The molecule has 0 unspecified atom stereocenters. The zero-order valence-electron chi connectivity index (χ0n) is 14.3. The van der Waals surface area contributed by atoms with Gasteiger partial charge in [-0.2, -0.15) is 0 Å². The number of halogens is 1. The Morgan fingerprint density at radius 1 is 0.960 bits per heavy atom. The lowest BCUT2D eigenvalue weighted by molar-refractivity contribution is -0.142. The van der Waals surface area contributed by atoms with Crippen LogP contribution >= 0.6 is 15.9 Å². The number of hydrogen-bond acceptors (Lipinski definition) is 2. The highest BCUT2D eigenvalue weighted by Crippen LogP contribution is 2.61. The average Bonchev–Trinajstić information content (AvgIpc) is 2.53. The van der Waals surface area contributed by atoms with E-state index >= 15 is 0 Å². The van der Waals surface area contributed by atoms with Crippen LogP contribution in [-0.4, -0.2) is 5.97 Å². The van der Waals surface area contributed by atoms with Gasteiger partial charge in [0.25, 0.3) is 0 Å². The molecule has 2 aromatic rings.